The van der Waals surface area contributed by atoms with E-state index in [1.807, 2.05) is 0 Å². The van der Waals surface area contributed by atoms with Crippen LogP contribution in [0.5, 0.6) is 0 Å². The van der Waals surface area contributed by atoms with Crippen molar-refractivity contribution < 1.29 is 9.53 Å². The van der Waals surface area contributed by atoms with Crippen molar-refractivity contribution in [1.82, 2.24) is 10.6 Å². The van der Waals surface area contributed by atoms with Crippen LogP contribution in [0.2, 0.25) is 0 Å². The topological polar surface area (TPSA) is 50.4 Å². The van der Waals surface area contributed by atoms with Crippen LogP contribution in [0.4, 0.5) is 0 Å². The first-order valence-corrected chi connectivity index (χ1v) is 6.81. The molecular weight excluding hydrogens is 216 g/mol. The second kappa shape index (κ2) is 5.83. The molecule has 0 aromatic heterocycles. The average molecular weight is 240 g/mol. The lowest BCUT2D eigenvalue weighted by Gasteiger charge is -2.35. The van der Waals surface area contributed by atoms with Crippen molar-refractivity contribution in [1.29, 1.82) is 0 Å². The van der Waals surface area contributed by atoms with Crippen molar-refractivity contribution >= 4 is 5.91 Å². The highest BCUT2D eigenvalue weighted by molar-refractivity contribution is 5.77. The summed E-state index contributed by atoms with van der Waals surface area (Å²) in [5.74, 6) is 0.154. The second-order valence-corrected chi connectivity index (χ2v) is 5.55. The van der Waals surface area contributed by atoms with E-state index in [9.17, 15) is 4.79 Å². The second-order valence-electron chi connectivity index (χ2n) is 5.55. The maximum absolute atomic E-state index is 12.0. The standard InChI is InChI=1S/C13H24N2O2/c1-13(5-7-14-8-6-13)15-12(16)10-11-4-2-3-9-17-11/h11,14H,2-10H2,1H3,(H,15,16). The molecule has 0 aliphatic carbocycles. The molecule has 1 atom stereocenters. The number of carbonyl (C=O) groups is 1. The van der Waals surface area contributed by atoms with E-state index in [1.165, 1.54) is 6.42 Å². The van der Waals surface area contributed by atoms with Crippen LogP contribution in [0.3, 0.4) is 0 Å². The van der Waals surface area contributed by atoms with Crippen LogP contribution in [0.1, 0.15) is 45.4 Å². The van der Waals surface area contributed by atoms with Crippen LogP contribution in [0, 0.1) is 0 Å². The van der Waals surface area contributed by atoms with Gasteiger partial charge in [0.1, 0.15) is 0 Å². The molecule has 0 bridgehead atoms. The Morgan fingerprint density at radius 2 is 2.18 bits per heavy atom. The van der Waals surface area contributed by atoms with Gasteiger partial charge in [-0.25, -0.2) is 0 Å². The van der Waals surface area contributed by atoms with Gasteiger partial charge in [0, 0.05) is 12.1 Å². The molecule has 1 amide bonds. The van der Waals surface area contributed by atoms with Gasteiger partial charge >= 0.3 is 0 Å². The van der Waals surface area contributed by atoms with Crippen molar-refractivity contribution in [3.63, 3.8) is 0 Å². The Labute approximate surface area is 103 Å². The van der Waals surface area contributed by atoms with E-state index in [4.69, 9.17) is 4.74 Å². The van der Waals surface area contributed by atoms with Gasteiger partial charge in [0.25, 0.3) is 0 Å². The monoisotopic (exact) mass is 240 g/mol. The lowest BCUT2D eigenvalue weighted by molar-refractivity contribution is -0.126. The number of amides is 1. The number of hydrogen-bond donors (Lipinski definition) is 2. The first-order valence-electron chi connectivity index (χ1n) is 6.81. The molecule has 0 saturated carbocycles. The van der Waals surface area contributed by atoms with Gasteiger partial charge in [-0.15, -0.1) is 0 Å². The molecule has 2 rings (SSSR count). The third-order valence-corrected chi connectivity index (χ3v) is 3.84. The van der Waals surface area contributed by atoms with E-state index < -0.39 is 0 Å². The number of hydrogen-bond acceptors (Lipinski definition) is 3. The van der Waals surface area contributed by atoms with Crippen molar-refractivity contribution in [3.8, 4) is 0 Å². The third kappa shape index (κ3) is 3.96. The molecule has 0 spiro atoms. The highest BCUT2D eigenvalue weighted by atomic mass is 16.5. The summed E-state index contributed by atoms with van der Waals surface area (Å²) < 4.78 is 5.60. The van der Waals surface area contributed by atoms with E-state index in [1.54, 1.807) is 0 Å². The minimum atomic E-state index is -0.0169. The van der Waals surface area contributed by atoms with Crippen LogP contribution in [-0.2, 0) is 9.53 Å². The van der Waals surface area contributed by atoms with Crippen LogP contribution in [0.25, 0.3) is 0 Å². The van der Waals surface area contributed by atoms with E-state index in [0.29, 0.717) is 6.42 Å². The Kier molecular flexibility index (Phi) is 4.40. The maximum atomic E-state index is 12.0. The Morgan fingerprint density at radius 3 is 2.82 bits per heavy atom. The smallest absolute Gasteiger partial charge is 0.223 e. The highest BCUT2D eigenvalue weighted by Gasteiger charge is 2.29. The summed E-state index contributed by atoms with van der Waals surface area (Å²) in [6, 6.07) is 0. The molecule has 98 valence electrons. The fraction of sp³-hybridized carbons (Fsp3) is 0.923. The number of piperidine rings is 1. The van der Waals surface area contributed by atoms with Gasteiger partial charge in [0.05, 0.1) is 12.5 Å². The molecule has 2 heterocycles. The summed E-state index contributed by atoms with van der Waals surface area (Å²) >= 11 is 0. The molecule has 2 aliphatic heterocycles. The van der Waals surface area contributed by atoms with Gasteiger partial charge in [-0.1, -0.05) is 0 Å². The van der Waals surface area contributed by atoms with Crippen LogP contribution in [0.15, 0.2) is 0 Å². The molecule has 4 heteroatoms. The van der Waals surface area contributed by atoms with Gasteiger partial charge in [0.2, 0.25) is 5.91 Å². The van der Waals surface area contributed by atoms with E-state index in [-0.39, 0.29) is 17.6 Å². The predicted octanol–water partition coefficient (Wildman–Crippen LogP) is 1.20. The van der Waals surface area contributed by atoms with Crippen LogP contribution in [-0.4, -0.2) is 37.2 Å². The van der Waals surface area contributed by atoms with Crippen molar-refractivity contribution in [2.24, 2.45) is 0 Å². The van der Waals surface area contributed by atoms with Gasteiger partial charge in [0.15, 0.2) is 0 Å². The van der Waals surface area contributed by atoms with Gasteiger partial charge in [-0.05, 0) is 52.1 Å². The van der Waals surface area contributed by atoms with Crippen LogP contribution >= 0.6 is 0 Å². The van der Waals surface area contributed by atoms with Crippen molar-refractivity contribution in [2.75, 3.05) is 19.7 Å². The molecular formula is C13H24N2O2. The summed E-state index contributed by atoms with van der Waals surface area (Å²) in [5.41, 5.74) is -0.0169. The fourth-order valence-electron chi connectivity index (χ4n) is 2.67. The lowest BCUT2D eigenvalue weighted by atomic mass is 9.90. The molecule has 2 saturated heterocycles. The molecule has 1 unspecified atom stereocenters. The van der Waals surface area contributed by atoms with Crippen molar-refractivity contribution in [2.45, 2.75) is 57.1 Å². The summed E-state index contributed by atoms with van der Waals surface area (Å²) in [7, 11) is 0. The minimum Gasteiger partial charge on any atom is -0.378 e. The predicted molar refractivity (Wildman–Crippen MR) is 66.9 cm³/mol. The molecule has 17 heavy (non-hydrogen) atoms. The fourth-order valence-corrected chi connectivity index (χ4v) is 2.67. The van der Waals surface area contributed by atoms with Gasteiger partial charge in [-0.3, -0.25) is 4.79 Å². The number of carbonyl (C=O) groups excluding carboxylic acids is 1. The Balaban J connectivity index is 1.75. The summed E-state index contributed by atoms with van der Waals surface area (Å²) in [4.78, 5) is 12.0. The zero-order valence-electron chi connectivity index (χ0n) is 10.8. The SMILES string of the molecule is CC1(NC(=O)CC2CCCCO2)CCNCC1. The number of ether oxygens (including phenoxy) is 1. The molecule has 0 aromatic carbocycles. The number of nitrogens with one attached hydrogen (secondary N) is 2. The lowest BCUT2D eigenvalue weighted by Crippen LogP contribution is -2.52. The average Bonchev–Trinajstić information content (AvgIpc) is 2.30. The third-order valence-electron chi connectivity index (χ3n) is 3.84. The largest absolute Gasteiger partial charge is 0.378 e. The Hall–Kier alpha value is -0.610. The zero-order valence-corrected chi connectivity index (χ0v) is 10.8. The Morgan fingerprint density at radius 1 is 1.41 bits per heavy atom. The van der Waals surface area contributed by atoms with E-state index >= 15 is 0 Å². The molecule has 2 aliphatic rings. The molecule has 4 nitrogen and oxygen atoms in total. The molecule has 0 aromatic rings. The first kappa shape index (κ1) is 12.8. The summed E-state index contributed by atoms with van der Waals surface area (Å²) in [5, 5.41) is 6.50. The minimum absolute atomic E-state index is 0.0169. The van der Waals surface area contributed by atoms with Crippen molar-refractivity contribution in [3.05, 3.63) is 0 Å². The van der Waals surface area contributed by atoms with E-state index in [2.05, 4.69) is 17.6 Å². The Bertz CT molecular complexity index is 256. The quantitative estimate of drug-likeness (QED) is 0.779. The summed E-state index contributed by atoms with van der Waals surface area (Å²) in [6.45, 7) is 4.96. The maximum Gasteiger partial charge on any atom is 0.223 e. The first-order chi connectivity index (χ1) is 8.18. The highest BCUT2D eigenvalue weighted by Crippen LogP contribution is 2.19. The normalized spacial score (nSPS) is 28.6. The van der Waals surface area contributed by atoms with E-state index in [0.717, 1.165) is 45.4 Å². The zero-order chi connectivity index (χ0) is 12.1. The molecule has 0 radical (unpaired) electrons. The number of rotatable bonds is 3. The molecule has 2 N–H and O–H groups in total. The van der Waals surface area contributed by atoms with Gasteiger partial charge in [-0.2, -0.15) is 0 Å². The summed E-state index contributed by atoms with van der Waals surface area (Å²) in [6.07, 6.45) is 6.08. The van der Waals surface area contributed by atoms with Crippen LogP contribution < -0.4 is 10.6 Å². The molecule has 2 fully saturated rings. The van der Waals surface area contributed by atoms with Gasteiger partial charge < -0.3 is 15.4 Å².